The van der Waals surface area contributed by atoms with Crippen LogP contribution in [0.4, 0.5) is 5.69 Å². The van der Waals surface area contributed by atoms with Gasteiger partial charge in [0.2, 0.25) is 4.80 Å². The number of furan rings is 1. The zero-order valence-electron chi connectivity index (χ0n) is 15.7. The third-order valence-electron chi connectivity index (χ3n) is 4.65. The number of hydrogen-bond acceptors (Lipinski definition) is 4. The Labute approximate surface area is 171 Å². The average molecular weight is 398 g/mol. The molecule has 3 aromatic heterocycles. The molecule has 5 rings (SSSR count). The summed E-state index contributed by atoms with van der Waals surface area (Å²) in [5.74, 6) is 0.752. The Hall–Kier alpha value is -3.64. The van der Waals surface area contributed by atoms with E-state index in [0.29, 0.717) is 0 Å². The first kappa shape index (κ1) is 17.5. The van der Waals surface area contributed by atoms with Crippen LogP contribution in [0.25, 0.3) is 22.4 Å². The van der Waals surface area contributed by atoms with Gasteiger partial charge >= 0.3 is 0 Å². The molecule has 5 aromatic rings. The molecule has 0 aliphatic rings. The number of hydrogen-bond donors (Lipinski definition) is 1. The number of nitrogens with zero attached hydrogens (tertiary/aromatic N) is 3. The third-order valence-corrected chi connectivity index (χ3v) is 5.47. The summed E-state index contributed by atoms with van der Waals surface area (Å²) in [6.45, 7) is 2.07. The highest BCUT2D eigenvalue weighted by Gasteiger charge is 2.10. The van der Waals surface area contributed by atoms with Crippen molar-refractivity contribution in [1.82, 2.24) is 9.66 Å². The molecule has 0 bridgehead atoms. The number of rotatable bonds is 4. The largest absolute Gasteiger partial charge is 0.463 e. The second kappa shape index (κ2) is 7.41. The molecule has 0 aliphatic heterocycles. The maximum Gasteiger partial charge on any atom is 0.211 e. The number of aromatic amines is 1. The first-order valence-electron chi connectivity index (χ1n) is 9.24. The lowest BCUT2D eigenvalue weighted by Gasteiger charge is -2.00. The highest BCUT2D eigenvalue weighted by molar-refractivity contribution is 7.07. The van der Waals surface area contributed by atoms with Crippen LogP contribution in [-0.4, -0.2) is 15.9 Å². The van der Waals surface area contributed by atoms with Gasteiger partial charge in [-0.25, -0.2) is 9.67 Å². The maximum absolute atomic E-state index is 5.61. The summed E-state index contributed by atoms with van der Waals surface area (Å²) in [6, 6.07) is 20.1. The minimum atomic E-state index is 0.752. The van der Waals surface area contributed by atoms with Crippen LogP contribution in [0.15, 0.2) is 93.0 Å². The quantitative estimate of drug-likeness (QED) is 0.387. The van der Waals surface area contributed by atoms with Crippen LogP contribution in [0.3, 0.4) is 0 Å². The van der Waals surface area contributed by atoms with Gasteiger partial charge in [-0.05, 0) is 37.3 Å². The molecule has 5 nitrogen and oxygen atoms in total. The predicted octanol–water partition coefficient (Wildman–Crippen LogP) is 5.71. The van der Waals surface area contributed by atoms with E-state index in [1.54, 1.807) is 6.26 Å². The van der Waals surface area contributed by atoms with Gasteiger partial charge in [0.05, 0.1) is 18.2 Å². The van der Waals surface area contributed by atoms with Crippen LogP contribution >= 0.6 is 11.3 Å². The fourth-order valence-electron chi connectivity index (χ4n) is 3.13. The summed E-state index contributed by atoms with van der Waals surface area (Å²) in [6.07, 6.45) is 5.48. The average Bonchev–Trinajstić information content (AvgIpc) is 3.48. The molecule has 3 heterocycles. The molecule has 0 aliphatic carbocycles. The van der Waals surface area contributed by atoms with Crippen molar-refractivity contribution in [1.29, 1.82) is 0 Å². The third kappa shape index (κ3) is 3.46. The van der Waals surface area contributed by atoms with Gasteiger partial charge in [0.1, 0.15) is 5.69 Å². The molecule has 2 aromatic carbocycles. The highest BCUT2D eigenvalue weighted by atomic mass is 32.1. The Morgan fingerprint density at radius 3 is 2.72 bits per heavy atom. The first-order valence-corrected chi connectivity index (χ1v) is 10.1. The molecule has 6 heteroatoms. The summed E-state index contributed by atoms with van der Waals surface area (Å²) in [5, 5.41) is 7.90. The van der Waals surface area contributed by atoms with Gasteiger partial charge in [0, 0.05) is 28.0 Å². The molecule has 0 saturated carbocycles. The van der Waals surface area contributed by atoms with Crippen LogP contribution in [0.1, 0.15) is 11.1 Å². The monoisotopic (exact) mass is 398 g/mol. The lowest BCUT2D eigenvalue weighted by atomic mass is 10.2. The minimum absolute atomic E-state index is 0.752. The van der Waals surface area contributed by atoms with Gasteiger partial charge in [-0.3, -0.25) is 0 Å². The summed E-state index contributed by atoms with van der Waals surface area (Å²) in [5.41, 5.74) is 5.06. The van der Waals surface area contributed by atoms with E-state index in [1.807, 2.05) is 58.9 Å². The molecule has 29 heavy (non-hydrogen) atoms. The van der Waals surface area contributed by atoms with E-state index < -0.39 is 0 Å². The van der Waals surface area contributed by atoms with Crippen LogP contribution in [0.2, 0.25) is 0 Å². The Morgan fingerprint density at radius 2 is 1.90 bits per heavy atom. The summed E-state index contributed by atoms with van der Waals surface area (Å²) < 4.78 is 7.44. The molecule has 0 fully saturated rings. The van der Waals surface area contributed by atoms with E-state index >= 15 is 0 Å². The first-order chi connectivity index (χ1) is 14.3. The summed E-state index contributed by atoms with van der Waals surface area (Å²) >= 11 is 1.53. The van der Waals surface area contributed by atoms with Gasteiger partial charge in [-0.15, -0.1) is 11.3 Å². The lowest BCUT2D eigenvalue weighted by Crippen LogP contribution is -2.11. The lowest BCUT2D eigenvalue weighted by molar-refractivity contribution is 0.575. The van der Waals surface area contributed by atoms with Crippen LogP contribution in [-0.2, 0) is 0 Å². The summed E-state index contributed by atoms with van der Waals surface area (Å²) in [7, 11) is 0. The number of H-pyrrole nitrogens is 1. The van der Waals surface area contributed by atoms with Gasteiger partial charge in [-0.2, -0.15) is 5.10 Å². The van der Waals surface area contributed by atoms with Crippen molar-refractivity contribution >= 4 is 34.1 Å². The van der Waals surface area contributed by atoms with Crippen molar-refractivity contribution in [3.8, 4) is 11.5 Å². The minimum Gasteiger partial charge on any atom is -0.463 e. The fourth-order valence-corrected chi connectivity index (χ4v) is 3.97. The molecule has 0 amide bonds. The van der Waals surface area contributed by atoms with Crippen LogP contribution < -0.4 is 4.80 Å². The molecule has 142 valence electrons. The van der Waals surface area contributed by atoms with Gasteiger partial charge in [0.25, 0.3) is 0 Å². The molecular weight excluding hydrogens is 380 g/mol. The summed E-state index contributed by atoms with van der Waals surface area (Å²) in [4.78, 5) is 8.85. The second-order valence-corrected chi connectivity index (χ2v) is 7.51. The molecular formula is C23H18N4OS. The standard InChI is InChI=1S/C23H18N4OS/c1-16-8-10-18(11-9-16)26-23-27(21(15-29-23)22-7-4-12-28-22)25-14-17-13-24-20-6-3-2-5-19(17)20/h2-15,24H,1H3. The number of thiazole rings is 1. The van der Waals surface area contributed by atoms with Crippen LogP contribution in [0.5, 0.6) is 0 Å². The second-order valence-electron chi connectivity index (χ2n) is 6.67. The van der Waals surface area contributed by atoms with E-state index in [2.05, 4.69) is 36.2 Å². The van der Waals surface area contributed by atoms with Crippen molar-refractivity contribution in [2.75, 3.05) is 0 Å². The number of benzene rings is 2. The van der Waals surface area contributed by atoms with Crippen molar-refractivity contribution in [2.24, 2.45) is 10.1 Å². The Balaban J connectivity index is 1.63. The van der Waals surface area contributed by atoms with Gasteiger partial charge in [-0.1, -0.05) is 35.9 Å². The van der Waals surface area contributed by atoms with E-state index in [9.17, 15) is 0 Å². The number of nitrogens with one attached hydrogen (secondary N) is 1. The molecule has 0 atom stereocenters. The maximum atomic E-state index is 5.61. The smallest absolute Gasteiger partial charge is 0.211 e. The predicted molar refractivity (Wildman–Crippen MR) is 118 cm³/mol. The van der Waals surface area contributed by atoms with Crippen molar-refractivity contribution in [3.63, 3.8) is 0 Å². The number of para-hydroxylation sites is 1. The normalized spacial score (nSPS) is 12.4. The Kier molecular flexibility index (Phi) is 4.46. The molecule has 0 saturated heterocycles. The zero-order valence-corrected chi connectivity index (χ0v) is 16.6. The highest BCUT2D eigenvalue weighted by Crippen LogP contribution is 2.22. The van der Waals surface area contributed by atoms with Crippen molar-refractivity contribution < 1.29 is 4.42 Å². The van der Waals surface area contributed by atoms with E-state index in [1.165, 1.54) is 16.9 Å². The number of aromatic nitrogens is 2. The molecule has 0 unspecified atom stereocenters. The van der Waals surface area contributed by atoms with E-state index in [-0.39, 0.29) is 0 Å². The van der Waals surface area contributed by atoms with Crippen LogP contribution in [0, 0.1) is 6.92 Å². The zero-order chi connectivity index (χ0) is 19.6. The van der Waals surface area contributed by atoms with E-state index in [4.69, 9.17) is 14.5 Å². The Morgan fingerprint density at radius 1 is 1.03 bits per heavy atom. The molecule has 0 spiro atoms. The fraction of sp³-hybridized carbons (Fsp3) is 0.0435. The topological polar surface area (TPSA) is 58.6 Å². The van der Waals surface area contributed by atoms with Crippen molar-refractivity contribution in [3.05, 3.63) is 94.4 Å². The number of aryl methyl sites for hydroxylation is 1. The van der Waals surface area contributed by atoms with Gasteiger partial charge < -0.3 is 9.40 Å². The number of fused-ring (bicyclic) bond motifs is 1. The molecule has 0 radical (unpaired) electrons. The van der Waals surface area contributed by atoms with Crippen molar-refractivity contribution in [2.45, 2.75) is 6.92 Å². The Bertz CT molecular complexity index is 1350. The van der Waals surface area contributed by atoms with E-state index in [0.717, 1.165) is 38.4 Å². The molecule has 1 N–H and O–H groups in total. The SMILES string of the molecule is Cc1ccc(N=c2scc(-c3ccco3)n2N=Cc2c[nH]c3ccccc23)cc1. The van der Waals surface area contributed by atoms with Gasteiger partial charge in [0.15, 0.2) is 5.76 Å².